The molecule has 2 amide bonds. The molecule has 0 aromatic rings. The third kappa shape index (κ3) is 5.30. The van der Waals surface area contributed by atoms with Gasteiger partial charge in [-0.3, -0.25) is 9.59 Å². The van der Waals surface area contributed by atoms with Gasteiger partial charge in [-0.05, 0) is 7.05 Å². The Morgan fingerprint density at radius 3 is 2.31 bits per heavy atom. The predicted molar refractivity (Wildman–Crippen MR) is 56.5 cm³/mol. The zero-order valence-corrected chi connectivity index (χ0v) is 9.32. The molecule has 0 aliphatic carbocycles. The van der Waals surface area contributed by atoms with Crippen molar-refractivity contribution in [3.63, 3.8) is 0 Å². The van der Waals surface area contributed by atoms with Crippen LogP contribution in [0.1, 0.15) is 13.3 Å². The van der Waals surface area contributed by atoms with Crippen molar-refractivity contribution in [1.82, 2.24) is 10.6 Å². The lowest BCUT2D eigenvalue weighted by Crippen LogP contribution is -2.46. The average Bonchev–Trinajstić information content (AvgIpc) is 2.16. The molecule has 0 aromatic heterocycles. The van der Waals surface area contributed by atoms with E-state index < -0.39 is 30.2 Å². The van der Waals surface area contributed by atoms with Gasteiger partial charge < -0.3 is 21.5 Å². The normalized spacial score (nSPS) is 13.9. The van der Waals surface area contributed by atoms with E-state index in [2.05, 4.69) is 10.6 Å². The van der Waals surface area contributed by atoms with Crippen LogP contribution in [0.15, 0.2) is 0 Å². The molecule has 0 rings (SSSR count). The smallest absolute Gasteiger partial charge is 0.326 e. The van der Waals surface area contributed by atoms with E-state index in [0.717, 1.165) is 0 Å². The number of aliphatic carboxylic acids is 1. The third-order valence-electron chi connectivity index (χ3n) is 1.98. The molecule has 7 nitrogen and oxygen atoms in total. The van der Waals surface area contributed by atoms with E-state index in [0.29, 0.717) is 6.54 Å². The first-order valence-corrected chi connectivity index (χ1v) is 4.84. The second-order valence-corrected chi connectivity index (χ2v) is 3.53. The molecule has 0 saturated carbocycles. The number of nitrogens with two attached hydrogens (primary N) is 1. The Labute approximate surface area is 93.4 Å². The molecule has 92 valence electrons. The van der Waals surface area contributed by atoms with E-state index in [9.17, 15) is 14.4 Å². The monoisotopic (exact) mass is 231 g/mol. The number of carboxylic acids is 1. The topological polar surface area (TPSA) is 122 Å². The van der Waals surface area contributed by atoms with Gasteiger partial charge in [-0.15, -0.1) is 0 Å². The van der Waals surface area contributed by atoms with E-state index in [1.165, 1.54) is 0 Å². The molecule has 0 aromatic carbocycles. The Kier molecular flexibility index (Phi) is 6.09. The van der Waals surface area contributed by atoms with Crippen LogP contribution in [0, 0.1) is 5.92 Å². The number of hydrogen-bond acceptors (Lipinski definition) is 4. The number of carbonyl (C=O) groups is 3. The largest absolute Gasteiger partial charge is 0.480 e. The summed E-state index contributed by atoms with van der Waals surface area (Å²) in [6, 6.07) is -1.26. The minimum Gasteiger partial charge on any atom is -0.480 e. The fourth-order valence-corrected chi connectivity index (χ4v) is 1.11. The molecule has 0 radical (unpaired) electrons. The highest BCUT2D eigenvalue weighted by Crippen LogP contribution is 1.97. The first-order valence-electron chi connectivity index (χ1n) is 4.84. The van der Waals surface area contributed by atoms with Gasteiger partial charge in [0.1, 0.15) is 6.04 Å². The molecular weight excluding hydrogens is 214 g/mol. The average molecular weight is 231 g/mol. The number of amides is 2. The number of primary amides is 1. The summed E-state index contributed by atoms with van der Waals surface area (Å²) >= 11 is 0. The molecule has 0 saturated heterocycles. The molecule has 0 heterocycles. The van der Waals surface area contributed by atoms with E-state index >= 15 is 0 Å². The lowest BCUT2D eigenvalue weighted by atomic mass is 10.1. The van der Waals surface area contributed by atoms with Crippen LogP contribution in [-0.2, 0) is 14.4 Å². The van der Waals surface area contributed by atoms with Crippen LogP contribution in [0.5, 0.6) is 0 Å². The van der Waals surface area contributed by atoms with Crippen molar-refractivity contribution in [2.75, 3.05) is 13.6 Å². The highest BCUT2D eigenvalue weighted by molar-refractivity contribution is 5.88. The number of carboxylic acid groups (broad SMARTS) is 1. The van der Waals surface area contributed by atoms with Crippen molar-refractivity contribution in [2.45, 2.75) is 19.4 Å². The van der Waals surface area contributed by atoms with Crippen LogP contribution < -0.4 is 16.4 Å². The summed E-state index contributed by atoms with van der Waals surface area (Å²) < 4.78 is 0. The van der Waals surface area contributed by atoms with Crippen LogP contribution in [0.25, 0.3) is 0 Å². The lowest BCUT2D eigenvalue weighted by molar-refractivity contribution is -0.143. The van der Waals surface area contributed by atoms with Crippen LogP contribution in [0.2, 0.25) is 0 Å². The summed E-state index contributed by atoms with van der Waals surface area (Å²) in [5.41, 5.74) is 4.88. The molecule has 0 spiro atoms. The fraction of sp³-hybridized carbons (Fsp3) is 0.667. The lowest BCUT2D eigenvalue weighted by Gasteiger charge is -2.16. The van der Waals surface area contributed by atoms with Crippen molar-refractivity contribution >= 4 is 17.8 Å². The van der Waals surface area contributed by atoms with Gasteiger partial charge in [-0.1, -0.05) is 6.92 Å². The van der Waals surface area contributed by atoms with Crippen LogP contribution in [0.3, 0.4) is 0 Å². The molecule has 0 aliphatic heterocycles. The molecule has 0 aliphatic rings. The van der Waals surface area contributed by atoms with E-state index in [-0.39, 0.29) is 5.92 Å². The van der Waals surface area contributed by atoms with Gasteiger partial charge in [0, 0.05) is 12.5 Å². The zero-order chi connectivity index (χ0) is 12.7. The molecule has 0 fully saturated rings. The van der Waals surface area contributed by atoms with Gasteiger partial charge in [-0.2, -0.15) is 0 Å². The van der Waals surface area contributed by atoms with Crippen LogP contribution in [-0.4, -0.2) is 42.5 Å². The summed E-state index contributed by atoms with van der Waals surface area (Å²) in [6.07, 6.45) is -0.409. The SMILES string of the molecule is CNCC(C)C(=O)N[C@H](CC(N)=O)C(=O)O. The maximum Gasteiger partial charge on any atom is 0.326 e. The highest BCUT2D eigenvalue weighted by Gasteiger charge is 2.24. The Morgan fingerprint density at radius 1 is 1.38 bits per heavy atom. The van der Waals surface area contributed by atoms with Crippen molar-refractivity contribution in [1.29, 1.82) is 0 Å². The van der Waals surface area contributed by atoms with Crippen molar-refractivity contribution < 1.29 is 19.5 Å². The van der Waals surface area contributed by atoms with Gasteiger partial charge >= 0.3 is 5.97 Å². The first kappa shape index (κ1) is 14.4. The summed E-state index contributed by atoms with van der Waals surface area (Å²) in [5, 5.41) is 13.8. The van der Waals surface area contributed by atoms with E-state index in [1.54, 1.807) is 14.0 Å². The first-order chi connectivity index (χ1) is 7.38. The molecule has 16 heavy (non-hydrogen) atoms. The Hall–Kier alpha value is -1.63. The molecule has 0 bridgehead atoms. The third-order valence-corrected chi connectivity index (χ3v) is 1.98. The number of rotatable bonds is 7. The highest BCUT2D eigenvalue weighted by atomic mass is 16.4. The summed E-state index contributed by atoms with van der Waals surface area (Å²) in [6.45, 7) is 2.07. The predicted octanol–water partition coefficient (Wildman–Crippen LogP) is -1.71. The second-order valence-electron chi connectivity index (χ2n) is 3.53. The standard InChI is InChI=1S/C9H17N3O4/c1-5(4-11-2)8(14)12-6(9(15)16)3-7(10)13/h5-6,11H,3-4H2,1-2H3,(H2,10,13)(H,12,14)(H,15,16)/t5?,6-/m1/s1. The Bertz CT molecular complexity index is 280. The van der Waals surface area contributed by atoms with Crippen molar-refractivity contribution in [2.24, 2.45) is 11.7 Å². The minimum atomic E-state index is -1.27. The van der Waals surface area contributed by atoms with Crippen molar-refractivity contribution in [3.05, 3.63) is 0 Å². The van der Waals surface area contributed by atoms with Gasteiger partial charge in [0.15, 0.2) is 0 Å². The van der Waals surface area contributed by atoms with Gasteiger partial charge in [-0.25, -0.2) is 4.79 Å². The van der Waals surface area contributed by atoms with Gasteiger partial charge in [0.05, 0.1) is 6.42 Å². The second kappa shape index (κ2) is 6.78. The van der Waals surface area contributed by atoms with Crippen LogP contribution in [0.4, 0.5) is 0 Å². The summed E-state index contributed by atoms with van der Waals surface area (Å²) in [5.74, 6) is -2.85. The van der Waals surface area contributed by atoms with E-state index in [1.807, 2.05) is 0 Å². The number of carbonyl (C=O) groups excluding carboxylic acids is 2. The number of nitrogens with one attached hydrogen (secondary N) is 2. The molecule has 1 unspecified atom stereocenters. The zero-order valence-electron chi connectivity index (χ0n) is 9.32. The van der Waals surface area contributed by atoms with Crippen molar-refractivity contribution in [3.8, 4) is 0 Å². The Morgan fingerprint density at radius 2 is 1.94 bits per heavy atom. The molecule has 2 atom stereocenters. The van der Waals surface area contributed by atoms with E-state index in [4.69, 9.17) is 10.8 Å². The fourth-order valence-electron chi connectivity index (χ4n) is 1.11. The van der Waals surface area contributed by atoms with Gasteiger partial charge in [0.2, 0.25) is 11.8 Å². The molecular formula is C9H17N3O4. The molecule has 7 heteroatoms. The number of hydrogen-bond donors (Lipinski definition) is 4. The van der Waals surface area contributed by atoms with Gasteiger partial charge in [0.25, 0.3) is 0 Å². The summed E-state index contributed by atoms with van der Waals surface area (Å²) in [7, 11) is 1.68. The quantitative estimate of drug-likeness (QED) is 0.415. The molecule has 5 N–H and O–H groups in total. The maximum atomic E-state index is 11.5. The van der Waals surface area contributed by atoms with Crippen LogP contribution >= 0.6 is 0 Å². The summed E-state index contributed by atoms with van der Waals surface area (Å²) in [4.78, 5) is 32.8. The maximum absolute atomic E-state index is 11.5. The Balaban J connectivity index is 4.34. The minimum absolute atomic E-state index is 0.375.